The molecule has 23 heavy (non-hydrogen) atoms. The van der Waals surface area contributed by atoms with E-state index in [9.17, 15) is 4.79 Å². The van der Waals surface area contributed by atoms with E-state index in [0.717, 1.165) is 31.6 Å². The van der Waals surface area contributed by atoms with Crippen LogP contribution in [-0.4, -0.2) is 40.8 Å². The fraction of sp³-hybridized carbons (Fsp3) is 0.947. The molecule has 3 rings (SSSR count). The first-order valence-electron chi connectivity index (χ1n) is 9.63. The van der Waals surface area contributed by atoms with Gasteiger partial charge >= 0.3 is 6.09 Å². The van der Waals surface area contributed by atoms with Crippen molar-refractivity contribution in [2.45, 2.75) is 109 Å². The molecule has 0 aromatic heterocycles. The molecule has 3 fully saturated rings. The molecule has 1 aliphatic carbocycles. The average molecular weight is 322 g/mol. The van der Waals surface area contributed by atoms with Crippen molar-refractivity contribution < 1.29 is 9.53 Å². The van der Waals surface area contributed by atoms with Crippen LogP contribution in [-0.2, 0) is 4.74 Å². The summed E-state index contributed by atoms with van der Waals surface area (Å²) in [6.07, 6.45) is 9.77. The number of nitrogens with zero attached hydrogens (tertiary/aromatic N) is 1. The molecule has 3 aliphatic rings. The van der Waals surface area contributed by atoms with Gasteiger partial charge in [0.05, 0.1) is 0 Å². The highest BCUT2D eigenvalue weighted by atomic mass is 16.6. The number of hydrogen-bond donors (Lipinski definition) is 1. The molecule has 0 spiro atoms. The molecule has 132 valence electrons. The Morgan fingerprint density at radius 2 is 1.70 bits per heavy atom. The second-order valence-corrected chi connectivity index (χ2v) is 8.89. The van der Waals surface area contributed by atoms with Crippen LogP contribution < -0.4 is 5.32 Å². The SMILES string of the molecule is CCC1CCC(NC2CC3CCC(C2)N3C(=O)OC(C)(C)C)C1. The highest BCUT2D eigenvalue weighted by Gasteiger charge is 2.45. The van der Waals surface area contributed by atoms with Gasteiger partial charge in [0.15, 0.2) is 0 Å². The first kappa shape index (κ1) is 17.1. The van der Waals surface area contributed by atoms with Crippen LogP contribution in [0.2, 0.25) is 0 Å². The predicted molar refractivity (Wildman–Crippen MR) is 92.5 cm³/mol. The van der Waals surface area contributed by atoms with Crippen molar-refractivity contribution in [1.29, 1.82) is 0 Å². The summed E-state index contributed by atoms with van der Waals surface area (Å²) in [5, 5.41) is 3.91. The maximum Gasteiger partial charge on any atom is 0.410 e. The number of piperidine rings is 1. The van der Waals surface area contributed by atoms with Crippen LogP contribution in [0.15, 0.2) is 0 Å². The van der Waals surface area contributed by atoms with Crippen molar-refractivity contribution in [3.05, 3.63) is 0 Å². The van der Waals surface area contributed by atoms with Gasteiger partial charge in [-0.25, -0.2) is 4.79 Å². The van der Waals surface area contributed by atoms with Gasteiger partial charge in [-0.15, -0.1) is 0 Å². The van der Waals surface area contributed by atoms with Gasteiger partial charge < -0.3 is 15.0 Å². The van der Waals surface area contributed by atoms with E-state index < -0.39 is 5.60 Å². The molecule has 1 saturated carbocycles. The predicted octanol–water partition coefficient (Wildman–Crippen LogP) is 4.09. The Labute approximate surface area is 141 Å². The van der Waals surface area contributed by atoms with E-state index >= 15 is 0 Å². The van der Waals surface area contributed by atoms with E-state index in [2.05, 4.69) is 12.2 Å². The first-order chi connectivity index (χ1) is 10.9. The maximum atomic E-state index is 12.5. The second-order valence-electron chi connectivity index (χ2n) is 8.89. The lowest BCUT2D eigenvalue weighted by Crippen LogP contribution is -2.53. The Morgan fingerprint density at radius 3 is 2.22 bits per heavy atom. The van der Waals surface area contributed by atoms with Crippen molar-refractivity contribution in [3.8, 4) is 0 Å². The molecule has 0 aromatic rings. The van der Waals surface area contributed by atoms with Crippen molar-refractivity contribution in [1.82, 2.24) is 10.2 Å². The number of amides is 1. The molecular formula is C19H34N2O2. The number of nitrogens with one attached hydrogen (secondary N) is 1. The van der Waals surface area contributed by atoms with Crippen LogP contribution in [0.5, 0.6) is 0 Å². The lowest BCUT2D eigenvalue weighted by molar-refractivity contribution is 0.00430. The fourth-order valence-electron chi connectivity index (χ4n) is 4.86. The molecule has 4 nitrogen and oxygen atoms in total. The minimum absolute atomic E-state index is 0.102. The maximum absolute atomic E-state index is 12.5. The lowest BCUT2D eigenvalue weighted by atomic mass is 9.96. The van der Waals surface area contributed by atoms with Gasteiger partial charge in [0.2, 0.25) is 0 Å². The summed E-state index contributed by atoms with van der Waals surface area (Å²) < 4.78 is 5.62. The van der Waals surface area contributed by atoms with E-state index in [0.29, 0.717) is 24.2 Å². The Kier molecular flexibility index (Phi) is 4.91. The normalized spacial score (nSPS) is 37.2. The topological polar surface area (TPSA) is 41.6 Å². The molecule has 1 N–H and O–H groups in total. The number of carbonyl (C=O) groups is 1. The summed E-state index contributed by atoms with van der Waals surface area (Å²) >= 11 is 0. The average Bonchev–Trinajstić information content (AvgIpc) is 3.00. The number of carbonyl (C=O) groups excluding carboxylic acids is 1. The smallest absolute Gasteiger partial charge is 0.410 e. The highest BCUT2D eigenvalue weighted by Crippen LogP contribution is 2.38. The molecule has 0 aromatic carbocycles. The Bertz CT molecular complexity index is 418. The van der Waals surface area contributed by atoms with Gasteiger partial charge in [0.25, 0.3) is 0 Å². The largest absolute Gasteiger partial charge is 0.444 e. The van der Waals surface area contributed by atoms with Crippen LogP contribution in [0, 0.1) is 5.92 Å². The van der Waals surface area contributed by atoms with Gasteiger partial charge in [0.1, 0.15) is 5.60 Å². The standard InChI is InChI=1S/C19H34N2O2/c1-5-13-6-7-14(10-13)20-15-11-16-8-9-17(12-15)21(16)18(22)23-19(2,3)4/h13-17,20H,5-12H2,1-4H3. The Hall–Kier alpha value is -0.770. The van der Waals surface area contributed by atoms with Crippen LogP contribution in [0.4, 0.5) is 4.79 Å². The summed E-state index contributed by atoms with van der Waals surface area (Å²) in [7, 11) is 0. The quantitative estimate of drug-likeness (QED) is 0.851. The third kappa shape index (κ3) is 4.01. The second kappa shape index (κ2) is 6.62. The van der Waals surface area contributed by atoms with Crippen molar-refractivity contribution >= 4 is 6.09 Å². The Morgan fingerprint density at radius 1 is 1.04 bits per heavy atom. The van der Waals surface area contributed by atoms with Crippen molar-refractivity contribution in [2.24, 2.45) is 5.92 Å². The van der Waals surface area contributed by atoms with Crippen LogP contribution >= 0.6 is 0 Å². The number of rotatable bonds is 3. The van der Waals surface area contributed by atoms with Crippen LogP contribution in [0.1, 0.15) is 79.1 Å². The molecule has 4 unspecified atom stereocenters. The molecule has 4 atom stereocenters. The lowest BCUT2D eigenvalue weighted by Gasteiger charge is -2.40. The third-order valence-corrected chi connectivity index (χ3v) is 5.93. The summed E-state index contributed by atoms with van der Waals surface area (Å²) in [5.41, 5.74) is -0.398. The minimum atomic E-state index is -0.398. The van der Waals surface area contributed by atoms with Crippen molar-refractivity contribution in [3.63, 3.8) is 0 Å². The summed E-state index contributed by atoms with van der Waals surface area (Å²) in [6.45, 7) is 8.16. The van der Waals surface area contributed by atoms with E-state index in [1.807, 2.05) is 25.7 Å². The molecule has 2 aliphatic heterocycles. The van der Waals surface area contributed by atoms with E-state index in [1.54, 1.807) is 0 Å². The van der Waals surface area contributed by atoms with Gasteiger partial charge in [-0.1, -0.05) is 13.3 Å². The number of hydrogen-bond acceptors (Lipinski definition) is 3. The van der Waals surface area contributed by atoms with Crippen LogP contribution in [0.3, 0.4) is 0 Å². The molecule has 2 heterocycles. The van der Waals surface area contributed by atoms with Gasteiger partial charge in [-0.3, -0.25) is 0 Å². The van der Waals surface area contributed by atoms with Crippen LogP contribution in [0.25, 0.3) is 0 Å². The highest BCUT2D eigenvalue weighted by molar-refractivity contribution is 5.69. The molecular weight excluding hydrogens is 288 g/mol. The molecule has 1 amide bonds. The molecule has 0 radical (unpaired) electrons. The minimum Gasteiger partial charge on any atom is -0.444 e. The number of ether oxygens (including phenoxy) is 1. The van der Waals surface area contributed by atoms with Gasteiger partial charge in [-0.2, -0.15) is 0 Å². The van der Waals surface area contributed by atoms with E-state index in [1.165, 1.54) is 25.7 Å². The fourth-order valence-corrected chi connectivity index (χ4v) is 4.86. The van der Waals surface area contributed by atoms with Crippen molar-refractivity contribution in [2.75, 3.05) is 0 Å². The third-order valence-electron chi connectivity index (χ3n) is 5.93. The Balaban J connectivity index is 1.54. The molecule has 2 bridgehead atoms. The van der Waals surface area contributed by atoms with E-state index in [4.69, 9.17) is 4.74 Å². The number of fused-ring (bicyclic) bond motifs is 2. The zero-order valence-corrected chi connectivity index (χ0v) is 15.3. The van der Waals surface area contributed by atoms with Gasteiger partial charge in [0, 0.05) is 24.2 Å². The summed E-state index contributed by atoms with van der Waals surface area (Å²) in [5.74, 6) is 0.922. The van der Waals surface area contributed by atoms with Gasteiger partial charge in [-0.05, 0) is 71.6 Å². The summed E-state index contributed by atoms with van der Waals surface area (Å²) in [6, 6.07) is 2.05. The zero-order chi connectivity index (χ0) is 16.6. The zero-order valence-electron chi connectivity index (χ0n) is 15.3. The molecule has 4 heteroatoms. The van der Waals surface area contributed by atoms with E-state index in [-0.39, 0.29) is 6.09 Å². The molecule has 2 saturated heterocycles. The first-order valence-corrected chi connectivity index (χ1v) is 9.63. The monoisotopic (exact) mass is 322 g/mol. The summed E-state index contributed by atoms with van der Waals surface area (Å²) in [4.78, 5) is 14.5.